The third-order valence-corrected chi connectivity index (χ3v) is 5.62. The maximum Gasteiger partial charge on any atom is 0.341 e. The van der Waals surface area contributed by atoms with Crippen LogP contribution in [0.4, 0.5) is 0 Å². The normalized spacial score (nSPS) is 10.7. The first kappa shape index (κ1) is 23.7. The van der Waals surface area contributed by atoms with Crippen LogP contribution in [0.15, 0.2) is 95.9 Å². The van der Waals surface area contributed by atoms with Crippen molar-refractivity contribution in [3.63, 3.8) is 0 Å². The summed E-state index contributed by atoms with van der Waals surface area (Å²) in [5, 5.41) is 8.81. The summed E-state index contributed by atoms with van der Waals surface area (Å²) in [5.74, 6) is 1.02. The summed E-state index contributed by atoms with van der Waals surface area (Å²) in [6.45, 7) is 1.51. The van der Waals surface area contributed by atoms with Crippen LogP contribution in [-0.4, -0.2) is 32.6 Å². The second kappa shape index (κ2) is 10.7. The van der Waals surface area contributed by atoms with Crippen LogP contribution in [0.2, 0.25) is 0 Å². The highest BCUT2D eigenvalue weighted by molar-refractivity contribution is 5.77. The molecule has 0 aliphatic carbocycles. The summed E-state index contributed by atoms with van der Waals surface area (Å²) >= 11 is 0. The Balaban J connectivity index is 1.39. The molecular weight excluding hydrogens is 470 g/mol. The summed E-state index contributed by atoms with van der Waals surface area (Å²) in [4.78, 5) is 23.7. The molecule has 0 bridgehead atoms. The minimum Gasteiger partial charge on any atom is -0.484 e. The fraction of sp³-hybridized carbons (Fsp3) is 0.103. The molecule has 0 fully saturated rings. The van der Waals surface area contributed by atoms with Crippen molar-refractivity contribution in [2.24, 2.45) is 0 Å². The maximum atomic E-state index is 10.8. The third-order valence-electron chi connectivity index (χ3n) is 5.62. The molecule has 0 amide bonds. The van der Waals surface area contributed by atoms with Gasteiger partial charge < -0.3 is 19.0 Å². The van der Waals surface area contributed by atoms with Gasteiger partial charge in [0.2, 0.25) is 5.89 Å². The molecule has 0 atom stereocenters. The van der Waals surface area contributed by atoms with Gasteiger partial charge in [0.05, 0.1) is 0 Å². The van der Waals surface area contributed by atoms with Crippen LogP contribution < -0.4 is 9.47 Å². The number of aryl methyl sites for hydroxylation is 1. The third kappa shape index (κ3) is 5.65. The zero-order valence-electron chi connectivity index (χ0n) is 20.0. The van der Waals surface area contributed by atoms with E-state index in [0.29, 0.717) is 28.8 Å². The van der Waals surface area contributed by atoms with Gasteiger partial charge in [0.25, 0.3) is 0 Å². The predicted octanol–water partition coefficient (Wildman–Crippen LogP) is 5.82. The molecule has 184 valence electrons. The molecule has 0 spiro atoms. The monoisotopic (exact) mass is 493 g/mol. The topological polar surface area (TPSA) is 108 Å². The van der Waals surface area contributed by atoms with Crippen LogP contribution in [0, 0.1) is 6.92 Å². The average Bonchev–Trinajstić information content (AvgIpc) is 3.37. The summed E-state index contributed by atoms with van der Waals surface area (Å²) in [7, 11) is 0. The molecule has 8 heteroatoms. The van der Waals surface area contributed by atoms with E-state index in [9.17, 15) is 4.79 Å². The van der Waals surface area contributed by atoms with Gasteiger partial charge in [0.15, 0.2) is 19.0 Å². The number of oxazole rings is 1. The second-order valence-corrected chi connectivity index (χ2v) is 8.25. The molecule has 2 heterocycles. The highest BCUT2D eigenvalue weighted by Crippen LogP contribution is 2.34. The number of hydrogen-bond acceptors (Lipinski definition) is 7. The Hall–Kier alpha value is -4.98. The Morgan fingerprint density at radius 1 is 0.865 bits per heavy atom. The van der Waals surface area contributed by atoms with Crippen molar-refractivity contribution >= 4 is 5.97 Å². The van der Waals surface area contributed by atoms with Crippen LogP contribution in [0.5, 0.6) is 11.5 Å². The summed E-state index contributed by atoms with van der Waals surface area (Å²) < 4.78 is 17.3. The molecule has 5 aromatic rings. The molecule has 3 aromatic carbocycles. The van der Waals surface area contributed by atoms with Gasteiger partial charge in [-0.25, -0.2) is 19.7 Å². The van der Waals surface area contributed by atoms with Crippen molar-refractivity contribution < 1.29 is 23.8 Å². The van der Waals surface area contributed by atoms with E-state index < -0.39 is 12.6 Å². The van der Waals surface area contributed by atoms with Gasteiger partial charge in [-0.3, -0.25) is 0 Å². The molecule has 8 nitrogen and oxygen atoms in total. The van der Waals surface area contributed by atoms with E-state index in [1.807, 2.05) is 49.4 Å². The van der Waals surface area contributed by atoms with E-state index in [-0.39, 0.29) is 6.61 Å². The molecule has 5 rings (SSSR count). The maximum absolute atomic E-state index is 10.8. The van der Waals surface area contributed by atoms with Crippen molar-refractivity contribution in [2.75, 3.05) is 6.61 Å². The molecule has 2 aromatic heterocycles. The van der Waals surface area contributed by atoms with Crippen molar-refractivity contribution in [3.05, 3.63) is 103 Å². The van der Waals surface area contributed by atoms with Crippen molar-refractivity contribution in [2.45, 2.75) is 13.5 Å². The lowest BCUT2D eigenvalue weighted by Gasteiger charge is -2.09. The van der Waals surface area contributed by atoms with E-state index >= 15 is 0 Å². The van der Waals surface area contributed by atoms with Gasteiger partial charge in [-0.05, 0) is 41.8 Å². The number of rotatable bonds is 9. The average molecular weight is 494 g/mol. The molecule has 0 unspecified atom stereocenters. The molecule has 0 aliphatic rings. The van der Waals surface area contributed by atoms with Crippen LogP contribution in [0.1, 0.15) is 11.5 Å². The zero-order valence-corrected chi connectivity index (χ0v) is 20.0. The number of carboxylic acids is 1. The van der Waals surface area contributed by atoms with E-state index in [0.717, 1.165) is 27.8 Å². The van der Waals surface area contributed by atoms with Gasteiger partial charge in [0.1, 0.15) is 23.5 Å². The highest BCUT2D eigenvalue weighted by atomic mass is 16.5. The van der Waals surface area contributed by atoms with Gasteiger partial charge in [0, 0.05) is 23.5 Å². The van der Waals surface area contributed by atoms with Crippen molar-refractivity contribution in [1.82, 2.24) is 15.0 Å². The highest BCUT2D eigenvalue weighted by Gasteiger charge is 2.18. The standard InChI is InChI=1S/C29H23N3O5/c1-19-13-24(11-12-25(19)36-17-27(33)34)35-16-26-32-28(23-14-30-18-31-15-23)29(37-26)22-9-7-21(8-10-22)20-5-3-2-4-6-20/h2-15,18H,16-17H2,1H3,(H,33,34). The fourth-order valence-electron chi connectivity index (χ4n) is 3.84. The predicted molar refractivity (Wildman–Crippen MR) is 137 cm³/mol. The second-order valence-electron chi connectivity index (χ2n) is 8.25. The first-order valence-corrected chi connectivity index (χ1v) is 11.6. The Morgan fingerprint density at radius 2 is 1.57 bits per heavy atom. The molecule has 0 radical (unpaired) electrons. The Morgan fingerprint density at radius 3 is 2.27 bits per heavy atom. The Kier molecular flexibility index (Phi) is 6.89. The number of aliphatic carboxylic acids is 1. The Bertz CT molecular complexity index is 1500. The van der Waals surface area contributed by atoms with Crippen LogP contribution in [0.25, 0.3) is 33.7 Å². The van der Waals surface area contributed by atoms with Crippen LogP contribution in [-0.2, 0) is 11.4 Å². The SMILES string of the molecule is Cc1cc(OCc2nc(-c3cncnc3)c(-c3ccc(-c4ccccc4)cc3)o2)ccc1OCC(=O)O. The number of hydrogen-bond donors (Lipinski definition) is 1. The summed E-state index contributed by atoms with van der Waals surface area (Å²) in [6, 6.07) is 23.4. The fourth-order valence-corrected chi connectivity index (χ4v) is 3.84. The molecule has 1 N–H and O–H groups in total. The number of aromatic nitrogens is 3. The number of benzene rings is 3. The number of ether oxygens (including phenoxy) is 2. The molecular formula is C29H23N3O5. The minimum atomic E-state index is -1.03. The molecule has 0 saturated carbocycles. The van der Waals surface area contributed by atoms with Crippen molar-refractivity contribution in [1.29, 1.82) is 0 Å². The number of carbonyl (C=O) groups is 1. The lowest BCUT2D eigenvalue weighted by atomic mass is 10.0. The zero-order chi connectivity index (χ0) is 25.6. The number of carboxylic acid groups (broad SMARTS) is 1. The van der Waals surface area contributed by atoms with E-state index in [1.165, 1.54) is 6.33 Å². The molecule has 0 saturated heterocycles. The van der Waals surface area contributed by atoms with Crippen molar-refractivity contribution in [3.8, 4) is 45.2 Å². The molecule has 37 heavy (non-hydrogen) atoms. The van der Waals surface area contributed by atoms with Gasteiger partial charge >= 0.3 is 5.97 Å². The quantitative estimate of drug-likeness (QED) is 0.274. The lowest BCUT2D eigenvalue weighted by Crippen LogP contribution is -2.10. The smallest absolute Gasteiger partial charge is 0.341 e. The van der Waals surface area contributed by atoms with Gasteiger partial charge in [-0.15, -0.1) is 0 Å². The molecule has 0 aliphatic heterocycles. The largest absolute Gasteiger partial charge is 0.484 e. The van der Waals surface area contributed by atoms with Gasteiger partial charge in [-0.2, -0.15) is 0 Å². The van der Waals surface area contributed by atoms with E-state index in [4.69, 9.17) is 19.0 Å². The lowest BCUT2D eigenvalue weighted by molar-refractivity contribution is -0.139. The van der Waals surface area contributed by atoms with E-state index in [1.54, 1.807) is 30.6 Å². The first-order chi connectivity index (χ1) is 18.1. The summed E-state index contributed by atoms with van der Waals surface area (Å²) in [6.07, 6.45) is 4.85. The van der Waals surface area contributed by atoms with Gasteiger partial charge in [-0.1, -0.05) is 54.6 Å². The first-order valence-electron chi connectivity index (χ1n) is 11.6. The number of nitrogens with zero attached hydrogens (tertiary/aromatic N) is 3. The summed E-state index contributed by atoms with van der Waals surface area (Å²) in [5.41, 5.74) is 5.21. The van der Waals surface area contributed by atoms with E-state index in [2.05, 4.69) is 27.1 Å². The minimum absolute atomic E-state index is 0.0948. The van der Waals surface area contributed by atoms with Crippen LogP contribution >= 0.6 is 0 Å². The van der Waals surface area contributed by atoms with Crippen LogP contribution in [0.3, 0.4) is 0 Å². The Labute approximate surface area is 213 Å².